The highest BCUT2D eigenvalue weighted by Crippen LogP contribution is 2.43. The molecule has 3 aliphatic rings. The third kappa shape index (κ3) is 3.16. The predicted octanol–water partition coefficient (Wildman–Crippen LogP) is 2.40. The highest BCUT2D eigenvalue weighted by atomic mass is 79.9. The van der Waals surface area contributed by atoms with Gasteiger partial charge in [-0.3, -0.25) is 4.90 Å². The molecule has 1 aliphatic carbocycles. The van der Waals surface area contributed by atoms with E-state index in [1.54, 1.807) is 0 Å². The Balaban J connectivity index is 1.81. The topological polar surface area (TPSA) is 92.5 Å². The number of anilines is 2. The fourth-order valence-electron chi connectivity index (χ4n) is 4.22. The number of hydrogen-bond acceptors (Lipinski definition) is 7. The van der Waals surface area contributed by atoms with Gasteiger partial charge in [0.2, 0.25) is 11.9 Å². The molecule has 0 radical (unpaired) electrons. The minimum atomic E-state index is -0.435. The molecule has 0 aromatic heterocycles. The molecule has 0 atom stereocenters. The SMILES string of the molecule is NC1=NC2(CCCCC2)N(c2cc(Br)ccc2N2CCOCC2)C(N)=N1. The summed E-state index contributed by atoms with van der Waals surface area (Å²) in [6.45, 7) is 3.18. The first-order chi connectivity index (χ1) is 12.6. The highest BCUT2D eigenvalue weighted by Gasteiger charge is 2.43. The summed E-state index contributed by atoms with van der Waals surface area (Å²) in [6, 6.07) is 6.31. The Morgan fingerprint density at radius 1 is 1.04 bits per heavy atom. The van der Waals surface area contributed by atoms with Crippen molar-refractivity contribution in [3.8, 4) is 0 Å². The molecule has 2 heterocycles. The third-order valence-corrected chi connectivity index (χ3v) is 5.87. The van der Waals surface area contributed by atoms with Crippen molar-refractivity contribution in [2.45, 2.75) is 37.8 Å². The summed E-state index contributed by atoms with van der Waals surface area (Å²) in [6.07, 6.45) is 5.30. The molecule has 1 aromatic carbocycles. The molecule has 1 saturated carbocycles. The first-order valence-corrected chi connectivity index (χ1v) is 10.0. The summed E-state index contributed by atoms with van der Waals surface area (Å²) >= 11 is 3.62. The Kier molecular flexibility index (Phi) is 4.79. The van der Waals surface area contributed by atoms with E-state index >= 15 is 0 Å². The van der Waals surface area contributed by atoms with Crippen LogP contribution in [-0.2, 0) is 4.74 Å². The molecular formula is C18H25BrN6O. The fourth-order valence-corrected chi connectivity index (χ4v) is 4.57. The lowest BCUT2D eigenvalue weighted by Gasteiger charge is -2.47. The summed E-state index contributed by atoms with van der Waals surface area (Å²) in [5.74, 6) is 0.704. The molecule has 2 aliphatic heterocycles. The van der Waals surface area contributed by atoms with Crippen LogP contribution in [0.3, 0.4) is 0 Å². The van der Waals surface area contributed by atoms with Gasteiger partial charge in [0, 0.05) is 17.6 Å². The van der Waals surface area contributed by atoms with Crippen LogP contribution in [0.2, 0.25) is 0 Å². The molecule has 2 fully saturated rings. The minimum Gasteiger partial charge on any atom is -0.378 e. The van der Waals surface area contributed by atoms with Crippen LogP contribution in [0.1, 0.15) is 32.1 Å². The van der Waals surface area contributed by atoms with Crippen molar-refractivity contribution in [1.82, 2.24) is 0 Å². The van der Waals surface area contributed by atoms with Crippen LogP contribution in [0, 0.1) is 0 Å². The van der Waals surface area contributed by atoms with Crippen LogP contribution >= 0.6 is 15.9 Å². The summed E-state index contributed by atoms with van der Waals surface area (Å²) in [7, 11) is 0. The van der Waals surface area contributed by atoms with Crippen LogP contribution in [0.4, 0.5) is 11.4 Å². The van der Waals surface area contributed by atoms with E-state index in [4.69, 9.17) is 21.2 Å². The standard InChI is InChI=1S/C18H25BrN6O/c19-13-4-5-14(24-8-10-26-11-9-24)15(12-13)25-17(21)22-16(20)23-18(25)6-2-1-3-7-18/h4-5,12H,1-3,6-11H2,(H4,20,21,22,23). The van der Waals surface area contributed by atoms with Crippen molar-refractivity contribution in [2.24, 2.45) is 21.5 Å². The molecule has 1 spiro atoms. The van der Waals surface area contributed by atoms with Gasteiger partial charge in [0.15, 0.2) is 0 Å². The maximum absolute atomic E-state index is 6.41. The number of hydrogen-bond donors (Lipinski definition) is 2. The molecule has 4 N–H and O–H groups in total. The second-order valence-electron chi connectivity index (χ2n) is 7.05. The van der Waals surface area contributed by atoms with Gasteiger partial charge in [0.25, 0.3) is 0 Å². The zero-order chi connectivity index (χ0) is 18.1. The van der Waals surface area contributed by atoms with Crippen molar-refractivity contribution < 1.29 is 4.74 Å². The van der Waals surface area contributed by atoms with Crippen molar-refractivity contribution in [1.29, 1.82) is 0 Å². The lowest BCUT2D eigenvalue weighted by Crippen LogP contribution is -2.58. The number of halogens is 1. The molecule has 0 amide bonds. The van der Waals surface area contributed by atoms with E-state index in [0.29, 0.717) is 5.96 Å². The second-order valence-corrected chi connectivity index (χ2v) is 7.97. The van der Waals surface area contributed by atoms with Crippen LogP contribution < -0.4 is 21.3 Å². The lowest BCUT2D eigenvalue weighted by molar-refractivity contribution is 0.122. The maximum Gasteiger partial charge on any atom is 0.220 e. The van der Waals surface area contributed by atoms with Crippen LogP contribution in [0.25, 0.3) is 0 Å². The monoisotopic (exact) mass is 420 g/mol. The molecule has 140 valence electrons. The van der Waals surface area contributed by atoms with E-state index in [1.165, 1.54) is 6.42 Å². The van der Waals surface area contributed by atoms with Gasteiger partial charge >= 0.3 is 0 Å². The number of nitrogens with zero attached hydrogens (tertiary/aromatic N) is 4. The van der Waals surface area contributed by atoms with Gasteiger partial charge in [-0.05, 0) is 43.9 Å². The van der Waals surface area contributed by atoms with Crippen molar-refractivity contribution in [3.63, 3.8) is 0 Å². The molecule has 0 bridgehead atoms. The fraction of sp³-hybridized carbons (Fsp3) is 0.556. The summed E-state index contributed by atoms with van der Waals surface area (Å²) in [5, 5.41) is 0. The second kappa shape index (κ2) is 7.08. The number of guanidine groups is 2. The molecule has 1 aromatic rings. The largest absolute Gasteiger partial charge is 0.378 e. The van der Waals surface area contributed by atoms with Crippen molar-refractivity contribution in [2.75, 3.05) is 36.1 Å². The molecule has 0 unspecified atom stereocenters. The van der Waals surface area contributed by atoms with Gasteiger partial charge in [-0.1, -0.05) is 22.4 Å². The average Bonchev–Trinajstić information content (AvgIpc) is 2.62. The van der Waals surface area contributed by atoms with Crippen LogP contribution in [0.5, 0.6) is 0 Å². The average molecular weight is 421 g/mol. The van der Waals surface area contributed by atoms with Gasteiger partial charge in [-0.25, -0.2) is 4.99 Å². The molecular weight excluding hydrogens is 396 g/mol. The smallest absolute Gasteiger partial charge is 0.220 e. The van der Waals surface area contributed by atoms with Gasteiger partial charge in [0.1, 0.15) is 5.66 Å². The Bertz CT molecular complexity index is 737. The van der Waals surface area contributed by atoms with Crippen molar-refractivity contribution >= 4 is 39.2 Å². The van der Waals surface area contributed by atoms with Crippen LogP contribution in [0.15, 0.2) is 32.7 Å². The zero-order valence-corrected chi connectivity index (χ0v) is 16.4. The van der Waals surface area contributed by atoms with E-state index in [9.17, 15) is 0 Å². The quantitative estimate of drug-likeness (QED) is 0.765. The number of benzene rings is 1. The molecule has 4 rings (SSSR count). The normalized spacial score (nSPS) is 23.0. The Morgan fingerprint density at radius 2 is 1.77 bits per heavy atom. The van der Waals surface area contributed by atoms with Crippen molar-refractivity contribution in [3.05, 3.63) is 22.7 Å². The predicted molar refractivity (Wildman–Crippen MR) is 109 cm³/mol. The van der Waals surface area contributed by atoms with E-state index in [2.05, 4.69) is 48.9 Å². The summed E-state index contributed by atoms with van der Waals surface area (Å²) in [4.78, 5) is 13.5. The van der Waals surface area contributed by atoms with E-state index in [1.807, 2.05) is 0 Å². The molecule has 26 heavy (non-hydrogen) atoms. The van der Waals surface area contributed by atoms with Crippen LogP contribution in [-0.4, -0.2) is 43.9 Å². The highest BCUT2D eigenvalue weighted by molar-refractivity contribution is 9.10. The molecule has 1 saturated heterocycles. The summed E-state index contributed by atoms with van der Waals surface area (Å²) in [5.41, 5.74) is 14.1. The Hall–Kier alpha value is -1.80. The number of morpholine rings is 1. The molecule has 7 nitrogen and oxygen atoms in total. The number of rotatable bonds is 2. The zero-order valence-electron chi connectivity index (χ0n) is 14.8. The van der Waals surface area contributed by atoms with Gasteiger partial charge in [0.05, 0.1) is 24.6 Å². The lowest BCUT2D eigenvalue weighted by atomic mass is 9.87. The molecule has 8 heteroatoms. The van der Waals surface area contributed by atoms with E-state index in [-0.39, 0.29) is 5.96 Å². The van der Waals surface area contributed by atoms with E-state index < -0.39 is 5.66 Å². The van der Waals surface area contributed by atoms with Gasteiger partial charge < -0.3 is 21.1 Å². The number of aliphatic imine (C=N–C) groups is 2. The Labute approximate surface area is 162 Å². The number of nitrogens with two attached hydrogens (primary N) is 2. The van der Waals surface area contributed by atoms with Gasteiger partial charge in [-0.2, -0.15) is 4.99 Å². The first-order valence-electron chi connectivity index (χ1n) is 9.21. The minimum absolute atomic E-state index is 0.281. The maximum atomic E-state index is 6.41. The van der Waals surface area contributed by atoms with Gasteiger partial charge in [-0.15, -0.1) is 0 Å². The van der Waals surface area contributed by atoms with E-state index in [0.717, 1.165) is 67.8 Å². The summed E-state index contributed by atoms with van der Waals surface area (Å²) < 4.78 is 6.53. The Morgan fingerprint density at radius 3 is 2.50 bits per heavy atom. The number of ether oxygens (including phenoxy) is 1. The first kappa shape index (κ1) is 17.6. The third-order valence-electron chi connectivity index (χ3n) is 5.38.